The van der Waals surface area contributed by atoms with Crippen molar-refractivity contribution in [1.29, 1.82) is 0 Å². The molecule has 1 aromatic carbocycles. The molecule has 1 fully saturated rings. The van der Waals surface area contributed by atoms with Crippen LogP contribution in [-0.2, 0) is 10.2 Å². The summed E-state index contributed by atoms with van der Waals surface area (Å²) in [5.74, 6) is 0.758. The number of nitrogens with two attached hydrogens (primary N) is 1. The van der Waals surface area contributed by atoms with Crippen LogP contribution in [0, 0.1) is 5.92 Å². The van der Waals surface area contributed by atoms with Gasteiger partial charge in [-0.05, 0) is 41.2 Å². The van der Waals surface area contributed by atoms with Gasteiger partial charge in [-0.1, -0.05) is 57.9 Å². The van der Waals surface area contributed by atoms with Crippen LogP contribution in [0.5, 0.6) is 0 Å². The fraction of sp³-hybridized carbons (Fsp3) is 0.611. The van der Waals surface area contributed by atoms with Gasteiger partial charge in [0, 0.05) is 6.42 Å². The maximum Gasteiger partial charge on any atom is 0.218 e. The van der Waals surface area contributed by atoms with Crippen LogP contribution < -0.4 is 5.73 Å². The third-order valence-electron chi connectivity index (χ3n) is 4.59. The summed E-state index contributed by atoms with van der Waals surface area (Å²) in [6.45, 7) is 6.67. The highest BCUT2D eigenvalue weighted by Crippen LogP contribution is 2.39. The second-order valence-electron chi connectivity index (χ2n) is 7.19. The molecule has 1 unspecified atom stereocenters. The highest BCUT2D eigenvalue weighted by Gasteiger charge is 2.27. The maximum absolute atomic E-state index is 11.4. The number of primary amides is 1. The van der Waals surface area contributed by atoms with Gasteiger partial charge >= 0.3 is 0 Å². The van der Waals surface area contributed by atoms with Gasteiger partial charge in [-0.2, -0.15) is 0 Å². The van der Waals surface area contributed by atoms with E-state index in [0.29, 0.717) is 18.3 Å². The number of carbonyl (C=O) groups is 1. The second kappa shape index (κ2) is 5.99. The number of hydrogen-bond donors (Lipinski definition) is 1. The lowest BCUT2D eigenvalue weighted by Gasteiger charge is -2.24. The Kier molecular flexibility index (Phi) is 4.52. The molecule has 0 aliphatic heterocycles. The smallest absolute Gasteiger partial charge is 0.218 e. The molecule has 1 aromatic rings. The van der Waals surface area contributed by atoms with Gasteiger partial charge in [0.1, 0.15) is 0 Å². The zero-order valence-corrected chi connectivity index (χ0v) is 13.0. The van der Waals surface area contributed by atoms with E-state index in [1.54, 1.807) is 0 Å². The average molecular weight is 273 g/mol. The standard InChI is InChI=1S/C18H27NO/c1-18(2,3)15-10-8-14(9-11-15)16(12-17(19)20)13-6-4-5-7-13/h8-11,13,16H,4-7,12H2,1-3H3,(H2,19,20). The quantitative estimate of drug-likeness (QED) is 0.880. The number of benzene rings is 1. The molecule has 110 valence electrons. The molecule has 0 heterocycles. The first-order valence-corrected chi connectivity index (χ1v) is 7.76. The van der Waals surface area contributed by atoms with Crippen molar-refractivity contribution in [3.8, 4) is 0 Å². The molecule has 0 spiro atoms. The van der Waals surface area contributed by atoms with Crippen molar-refractivity contribution in [2.45, 2.75) is 64.2 Å². The second-order valence-corrected chi connectivity index (χ2v) is 7.19. The molecule has 2 N–H and O–H groups in total. The minimum absolute atomic E-state index is 0.172. The summed E-state index contributed by atoms with van der Waals surface area (Å²) in [5.41, 5.74) is 8.25. The Bertz CT molecular complexity index is 449. The molecule has 1 aliphatic carbocycles. The van der Waals surface area contributed by atoms with E-state index in [4.69, 9.17) is 5.73 Å². The minimum Gasteiger partial charge on any atom is -0.370 e. The van der Waals surface area contributed by atoms with E-state index in [9.17, 15) is 4.79 Å². The van der Waals surface area contributed by atoms with Crippen LogP contribution in [0.4, 0.5) is 0 Å². The molecule has 0 saturated heterocycles. The molecule has 1 atom stereocenters. The van der Waals surface area contributed by atoms with E-state index in [1.807, 2.05) is 0 Å². The molecule has 2 heteroatoms. The molecule has 2 rings (SSSR count). The molecular formula is C18H27NO. The summed E-state index contributed by atoms with van der Waals surface area (Å²) in [7, 11) is 0. The summed E-state index contributed by atoms with van der Waals surface area (Å²) in [6.07, 6.45) is 5.54. The lowest BCUT2D eigenvalue weighted by Crippen LogP contribution is -2.20. The van der Waals surface area contributed by atoms with Crippen molar-refractivity contribution < 1.29 is 4.79 Å². The van der Waals surface area contributed by atoms with Crippen LogP contribution in [0.15, 0.2) is 24.3 Å². The third kappa shape index (κ3) is 3.62. The van der Waals surface area contributed by atoms with E-state index in [1.165, 1.54) is 36.8 Å². The lowest BCUT2D eigenvalue weighted by molar-refractivity contribution is -0.118. The molecule has 0 aromatic heterocycles. The van der Waals surface area contributed by atoms with Crippen molar-refractivity contribution in [3.05, 3.63) is 35.4 Å². The van der Waals surface area contributed by atoms with Gasteiger partial charge in [-0.3, -0.25) is 4.79 Å². The first kappa shape index (κ1) is 15.1. The predicted molar refractivity (Wildman–Crippen MR) is 83.7 cm³/mol. The van der Waals surface area contributed by atoms with E-state index in [-0.39, 0.29) is 11.3 Å². The van der Waals surface area contributed by atoms with Crippen LogP contribution in [-0.4, -0.2) is 5.91 Å². The topological polar surface area (TPSA) is 43.1 Å². The molecule has 0 radical (unpaired) electrons. The normalized spacial score (nSPS) is 18.1. The third-order valence-corrected chi connectivity index (χ3v) is 4.59. The largest absolute Gasteiger partial charge is 0.370 e. The molecule has 1 aliphatic rings. The molecule has 0 bridgehead atoms. The number of amides is 1. The van der Waals surface area contributed by atoms with Crippen LogP contribution in [0.3, 0.4) is 0 Å². The minimum atomic E-state index is -0.179. The van der Waals surface area contributed by atoms with Crippen molar-refractivity contribution in [2.75, 3.05) is 0 Å². The SMILES string of the molecule is CC(C)(C)c1ccc(C(CC(N)=O)C2CCCC2)cc1. The first-order chi connectivity index (χ1) is 9.38. The Labute approximate surface area is 122 Å². The monoisotopic (exact) mass is 273 g/mol. The van der Waals surface area contributed by atoms with E-state index in [0.717, 1.165) is 0 Å². The Morgan fingerprint density at radius 1 is 1.20 bits per heavy atom. The van der Waals surface area contributed by atoms with Gasteiger partial charge in [0.05, 0.1) is 0 Å². The van der Waals surface area contributed by atoms with Crippen LogP contribution in [0.1, 0.15) is 69.9 Å². The maximum atomic E-state index is 11.4. The van der Waals surface area contributed by atoms with E-state index < -0.39 is 0 Å². The predicted octanol–water partition coefficient (Wildman–Crippen LogP) is 4.13. The molecular weight excluding hydrogens is 246 g/mol. The van der Waals surface area contributed by atoms with Gasteiger partial charge in [0.25, 0.3) is 0 Å². The molecule has 2 nitrogen and oxygen atoms in total. The van der Waals surface area contributed by atoms with Crippen molar-refractivity contribution in [3.63, 3.8) is 0 Å². The van der Waals surface area contributed by atoms with Crippen molar-refractivity contribution in [1.82, 2.24) is 0 Å². The van der Waals surface area contributed by atoms with Crippen LogP contribution in [0.25, 0.3) is 0 Å². The highest BCUT2D eigenvalue weighted by atomic mass is 16.1. The number of hydrogen-bond acceptors (Lipinski definition) is 1. The summed E-state index contributed by atoms with van der Waals surface area (Å²) in [6, 6.07) is 8.82. The zero-order chi connectivity index (χ0) is 14.8. The fourth-order valence-corrected chi connectivity index (χ4v) is 3.36. The van der Waals surface area contributed by atoms with Crippen molar-refractivity contribution in [2.24, 2.45) is 11.7 Å². The zero-order valence-electron chi connectivity index (χ0n) is 13.0. The van der Waals surface area contributed by atoms with Gasteiger partial charge in [-0.15, -0.1) is 0 Å². The van der Waals surface area contributed by atoms with Crippen LogP contribution >= 0.6 is 0 Å². The molecule has 1 saturated carbocycles. The van der Waals surface area contributed by atoms with Crippen molar-refractivity contribution >= 4 is 5.91 Å². The summed E-state index contributed by atoms with van der Waals surface area (Å²) in [5, 5.41) is 0. The van der Waals surface area contributed by atoms with Crippen LogP contribution in [0.2, 0.25) is 0 Å². The number of carbonyl (C=O) groups excluding carboxylic acids is 1. The van der Waals surface area contributed by atoms with E-state index >= 15 is 0 Å². The van der Waals surface area contributed by atoms with E-state index in [2.05, 4.69) is 45.0 Å². The average Bonchev–Trinajstić information content (AvgIpc) is 2.88. The fourth-order valence-electron chi connectivity index (χ4n) is 3.36. The highest BCUT2D eigenvalue weighted by molar-refractivity contribution is 5.74. The molecule has 20 heavy (non-hydrogen) atoms. The first-order valence-electron chi connectivity index (χ1n) is 7.76. The van der Waals surface area contributed by atoms with Gasteiger partial charge < -0.3 is 5.73 Å². The molecule has 1 amide bonds. The Morgan fingerprint density at radius 2 is 1.75 bits per heavy atom. The summed E-state index contributed by atoms with van der Waals surface area (Å²) in [4.78, 5) is 11.4. The Morgan fingerprint density at radius 3 is 2.20 bits per heavy atom. The summed E-state index contributed by atoms with van der Waals surface area (Å²) >= 11 is 0. The Balaban J connectivity index is 2.22. The van der Waals surface area contributed by atoms with Gasteiger partial charge in [0.15, 0.2) is 0 Å². The number of rotatable bonds is 4. The lowest BCUT2D eigenvalue weighted by atomic mass is 9.80. The van der Waals surface area contributed by atoms with Gasteiger partial charge in [-0.25, -0.2) is 0 Å². The summed E-state index contributed by atoms with van der Waals surface area (Å²) < 4.78 is 0. The Hall–Kier alpha value is -1.31. The van der Waals surface area contributed by atoms with Gasteiger partial charge in [0.2, 0.25) is 5.91 Å².